The van der Waals surface area contributed by atoms with Crippen LogP contribution in [0.3, 0.4) is 0 Å². The van der Waals surface area contributed by atoms with Crippen LogP contribution in [-0.2, 0) is 10.2 Å². The van der Waals surface area contributed by atoms with E-state index in [0.717, 1.165) is 54.4 Å². The number of hydrazone groups is 1. The van der Waals surface area contributed by atoms with Crippen molar-refractivity contribution >= 4 is 28.9 Å². The predicted octanol–water partition coefficient (Wildman–Crippen LogP) is 5.63. The highest BCUT2D eigenvalue weighted by Gasteiger charge is 2.41. The zero-order valence-electron chi connectivity index (χ0n) is 23.3. The fraction of sp³-hybridized carbons (Fsp3) is 0.419. The number of aromatic hydroxyl groups is 2. The quantitative estimate of drug-likeness (QED) is 0.224. The molecular formula is C31H39N5O4. The van der Waals surface area contributed by atoms with E-state index in [2.05, 4.69) is 77.6 Å². The van der Waals surface area contributed by atoms with Gasteiger partial charge in [-0.25, -0.2) is 4.79 Å². The minimum atomic E-state index is -0.507. The fourth-order valence-corrected chi connectivity index (χ4v) is 5.61. The second-order valence-corrected chi connectivity index (χ2v) is 11.1. The maximum Gasteiger partial charge on any atom is 0.333 e. The van der Waals surface area contributed by atoms with Crippen LogP contribution in [0.5, 0.6) is 11.8 Å². The average Bonchev–Trinajstić information content (AvgIpc) is 3.39. The van der Waals surface area contributed by atoms with E-state index in [0.29, 0.717) is 6.42 Å². The Morgan fingerprint density at radius 1 is 0.925 bits per heavy atom. The first-order chi connectivity index (χ1) is 19.3. The van der Waals surface area contributed by atoms with Crippen molar-refractivity contribution < 1.29 is 19.8 Å². The van der Waals surface area contributed by atoms with E-state index < -0.39 is 5.97 Å². The Kier molecular flexibility index (Phi) is 8.19. The summed E-state index contributed by atoms with van der Waals surface area (Å²) in [6.45, 7) is 7.42. The number of carbonyl (C=O) groups is 1. The number of hydrogen-bond donors (Lipinski definition) is 3. The summed E-state index contributed by atoms with van der Waals surface area (Å²) < 4.78 is 0.725. The molecule has 2 aliphatic heterocycles. The summed E-state index contributed by atoms with van der Waals surface area (Å²) in [5, 5.41) is 24.2. The SMILES string of the molecule is CC1(C)C(=NNc2ccc(N3CCCCC3)cc2)N(CCCCCC(=O)On2c(O)ccc2O)c2ccccc21. The zero-order chi connectivity index (χ0) is 28.1. The molecule has 1 saturated heterocycles. The highest BCUT2D eigenvalue weighted by Crippen LogP contribution is 2.42. The number of fused-ring (bicyclic) bond motifs is 1. The Morgan fingerprint density at radius 2 is 1.62 bits per heavy atom. The number of benzene rings is 2. The Balaban J connectivity index is 1.20. The molecule has 0 saturated carbocycles. The van der Waals surface area contributed by atoms with E-state index in [4.69, 9.17) is 9.94 Å². The molecule has 3 N–H and O–H groups in total. The summed E-state index contributed by atoms with van der Waals surface area (Å²) in [4.78, 5) is 21.9. The minimum absolute atomic E-state index is 0.190. The molecule has 1 aromatic heterocycles. The molecule has 3 heterocycles. The van der Waals surface area contributed by atoms with E-state index >= 15 is 0 Å². The van der Waals surface area contributed by atoms with E-state index in [1.807, 2.05) is 0 Å². The highest BCUT2D eigenvalue weighted by molar-refractivity contribution is 6.11. The van der Waals surface area contributed by atoms with Crippen LogP contribution >= 0.6 is 0 Å². The van der Waals surface area contributed by atoms with Gasteiger partial charge in [0.2, 0.25) is 11.8 Å². The number of anilines is 3. The number of amidine groups is 1. The van der Waals surface area contributed by atoms with Crippen LogP contribution in [0.1, 0.15) is 64.4 Å². The molecule has 212 valence electrons. The van der Waals surface area contributed by atoms with Crippen molar-refractivity contribution in [3.63, 3.8) is 0 Å². The summed E-state index contributed by atoms with van der Waals surface area (Å²) >= 11 is 0. The maximum absolute atomic E-state index is 12.2. The lowest BCUT2D eigenvalue weighted by molar-refractivity contribution is -0.145. The normalized spacial score (nSPS) is 17.2. The molecule has 9 nitrogen and oxygen atoms in total. The molecule has 0 bridgehead atoms. The number of nitrogens with zero attached hydrogens (tertiary/aromatic N) is 4. The number of para-hydroxylation sites is 1. The number of piperidine rings is 1. The van der Waals surface area contributed by atoms with E-state index in [1.54, 1.807) is 0 Å². The first-order valence-electron chi connectivity index (χ1n) is 14.2. The molecule has 2 aliphatic rings. The molecule has 5 rings (SSSR count). The van der Waals surface area contributed by atoms with Crippen LogP contribution in [0.2, 0.25) is 0 Å². The fourth-order valence-electron chi connectivity index (χ4n) is 5.61. The molecular weight excluding hydrogens is 506 g/mol. The largest absolute Gasteiger partial charge is 0.492 e. The van der Waals surface area contributed by atoms with Gasteiger partial charge in [-0.1, -0.05) is 24.6 Å². The molecule has 3 aromatic rings. The van der Waals surface area contributed by atoms with E-state index in [-0.39, 0.29) is 23.6 Å². The lowest BCUT2D eigenvalue weighted by Gasteiger charge is -2.29. The Hall–Kier alpha value is -4.14. The monoisotopic (exact) mass is 545 g/mol. The van der Waals surface area contributed by atoms with Gasteiger partial charge in [0, 0.05) is 49.6 Å². The third kappa shape index (κ3) is 5.88. The molecule has 0 amide bonds. The third-order valence-electron chi connectivity index (χ3n) is 7.82. The summed E-state index contributed by atoms with van der Waals surface area (Å²) in [7, 11) is 0. The lowest BCUT2D eigenvalue weighted by Crippen LogP contribution is -2.38. The van der Waals surface area contributed by atoms with Crippen molar-refractivity contribution in [2.75, 3.05) is 34.9 Å². The van der Waals surface area contributed by atoms with Gasteiger partial charge in [0.25, 0.3) is 0 Å². The number of hydrogen-bond acceptors (Lipinski definition) is 7. The van der Waals surface area contributed by atoms with Crippen molar-refractivity contribution in [2.45, 2.75) is 64.2 Å². The van der Waals surface area contributed by atoms with Gasteiger partial charge >= 0.3 is 5.97 Å². The molecule has 9 heteroatoms. The highest BCUT2D eigenvalue weighted by atomic mass is 16.7. The molecule has 0 spiro atoms. The van der Waals surface area contributed by atoms with Gasteiger partial charge in [-0.3, -0.25) is 5.43 Å². The molecule has 2 aromatic carbocycles. The van der Waals surface area contributed by atoms with Gasteiger partial charge in [0.05, 0.1) is 11.1 Å². The van der Waals surface area contributed by atoms with Crippen LogP contribution in [-0.4, -0.2) is 46.4 Å². The minimum Gasteiger partial charge on any atom is -0.492 e. The van der Waals surface area contributed by atoms with Gasteiger partial charge in [0.1, 0.15) is 5.84 Å². The standard InChI is InChI=1S/C31H39N5O4/c1-31(2)25-11-6-7-12-26(25)35(22-10-3-5-13-29(39)40-36-27(37)18-19-28(36)38)30(31)33-32-23-14-16-24(17-15-23)34-20-8-4-9-21-34/h6-7,11-12,14-19,32,37-38H,3-5,8-10,13,20-22H2,1-2H3. The second kappa shape index (κ2) is 11.9. The summed E-state index contributed by atoms with van der Waals surface area (Å²) in [6.07, 6.45) is 6.33. The first-order valence-corrected chi connectivity index (χ1v) is 14.2. The van der Waals surface area contributed by atoms with Gasteiger partial charge in [-0.05, 0) is 81.8 Å². The van der Waals surface area contributed by atoms with Crippen molar-refractivity contribution in [3.8, 4) is 11.8 Å². The van der Waals surface area contributed by atoms with Crippen LogP contribution < -0.4 is 20.1 Å². The smallest absolute Gasteiger partial charge is 0.333 e. The summed E-state index contributed by atoms with van der Waals surface area (Å²) in [5.41, 5.74) is 7.67. The number of carbonyl (C=O) groups excluding carboxylic acids is 1. The molecule has 0 aliphatic carbocycles. The first kappa shape index (κ1) is 27.4. The lowest BCUT2D eigenvalue weighted by atomic mass is 9.86. The topological polar surface area (TPSA) is 103 Å². The number of aromatic nitrogens is 1. The third-order valence-corrected chi connectivity index (χ3v) is 7.82. The molecule has 0 atom stereocenters. The maximum atomic E-state index is 12.2. The van der Waals surface area contributed by atoms with Gasteiger partial charge in [0.15, 0.2) is 0 Å². The molecule has 0 unspecified atom stereocenters. The van der Waals surface area contributed by atoms with Crippen molar-refractivity contribution in [1.82, 2.24) is 4.73 Å². The van der Waals surface area contributed by atoms with Gasteiger partial charge < -0.3 is 24.9 Å². The van der Waals surface area contributed by atoms with Gasteiger partial charge in [-0.15, -0.1) is 4.73 Å². The zero-order valence-corrected chi connectivity index (χ0v) is 23.3. The Bertz CT molecular complexity index is 1320. The number of rotatable bonds is 10. The number of nitrogens with one attached hydrogen (secondary N) is 1. The van der Waals surface area contributed by atoms with Crippen molar-refractivity contribution in [1.29, 1.82) is 0 Å². The number of unbranched alkanes of at least 4 members (excludes halogenated alkanes) is 2. The van der Waals surface area contributed by atoms with Crippen molar-refractivity contribution in [3.05, 3.63) is 66.2 Å². The molecule has 40 heavy (non-hydrogen) atoms. The second-order valence-electron chi connectivity index (χ2n) is 11.1. The summed E-state index contributed by atoms with van der Waals surface area (Å²) in [6, 6.07) is 19.5. The molecule has 0 radical (unpaired) electrons. The summed E-state index contributed by atoms with van der Waals surface area (Å²) in [5.74, 6) is -0.182. The van der Waals surface area contributed by atoms with Crippen molar-refractivity contribution in [2.24, 2.45) is 5.10 Å². The van der Waals surface area contributed by atoms with E-state index in [9.17, 15) is 15.0 Å². The Labute approximate surface area is 235 Å². The predicted molar refractivity (Wildman–Crippen MR) is 158 cm³/mol. The van der Waals surface area contributed by atoms with Crippen LogP contribution in [0.4, 0.5) is 17.1 Å². The van der Waals surface area contributed by atoms with Crippen LogP contribution in [0.25, 0.3) is 0 Å². The van der Waals surface area contributed by atoms with Crippen LogP contribution in [0, 0.1) is 0 Å². The van der Waals surface area contributed by atoms with Gasteiger partial charge in [-0.2, -0.15) is 5.10 Å². The molecule has 1 fully saturated rings. The average molecular weight is 546 g/mol. The Morgan fingerprint density at radius 3 is 2.35 bits per heavy atom. The van der Waals surface area contributed by atoms with Crippen LogP contribution in [0.15, 0.2) is 65.8 Å². The van der Waals surface area contributed by atoms with E-state index in [1.165, 1.54) is 42.6 Å².